The first-order chi connectivity index (χ1) is 11.8. The first-order valence-corrected chi connectivity index (χ1v) is 8.40. The normalized spacial score (nSPS) is 13.0. The summed E-state index contributed by atoms with van der Waals surface area (Å²) in [6.07, 6.45) is 0. The number of anilines is 1. The van der Waals surface area contributed by atoms with Crippen molar-refractivity contribution in [2.75, 3.05) is 32.5 Å². The van der Waals surface area contributed by atoms with E-state index in [0.29, 0.717) is 12.2 Å². The maximum atomic E-state index is 13.0. The van der Waals surface area contributed by atoms with Gasteiger partial charge in [0.25, 0.3) is 0 Å². The van der Waals surface area contributed by atoms with Gasteiger partial charge < -0.3 is 15.3 Å². The van der Waals surface area contributed by atoms with Gasteiger partial charge in [0.1, 0.15) is 5.75 Å². The third-order valence-electron chi connectivity index (χ3n) is 4.07. The van der Waals surface area contributed by atoms with Gasteiger partial charge in [-0.25, -0.2) is 0 Å². The zero-order chi connectivity index (χ0) is 18.3. The summed E-state index contributed by atoms with van der Waals surface area (Å²) in [7, 11) is 3.86. The van der Waals surface area contributed by atoms with E-state index >= 15 is 0 Å². The van der Waals surface area contributed by atoms with E-state index in [1.807, 2.05) is 19.0 Å². The number of aromatic hydroxyl groups is 1. The minimum absolute atomic E-state index is 0.0346. The Balaban J connectivity index is 2.16. The standard InChI is InChI=1S/C18H16Cl2N2O3/c1-22(2)8-7-21-11-5-6-12(23)16-15(11)17(24)13-9(19)3-4-10(20)14(13)18(16)25/h3-6,21,23H,7-8H2,1-2H3. The van der Waals surface area contributed by atoms with Gasteiger partial charge >= 0.3 is 0 Å². The molecule has 1 aliphatic rings. The lowest BCUT2D eigenvalue weighted by atomic mass is 9.82. The van der Waals surface area contributed by atoms with Crippen LogP contribution in [0.15, 0.2) is 24.3 Å². The number of rotatable bonds is 4. The number of nitrogens with one attached hydrogen (secondary N) is 1. The summed E-state index contributed by atoms with van der Waals surface area (Å²) in [5.74, 6) is -1.19. The van der Waals surface area contributed by atoms with Crippen LogP contribution in [0, 0.1) is 0 Å². The summed E-state index contributed by atoms with van der Waals surface area (Å²) in [6, 6.07) is 5.93. The average molecular weight is 379 g/mol. The van der Waals surface area contributed by atoms with Crippen molar-refractivity contribution in [3.05, 3.63) is 56.6 Å². The molecule has 7 heteroatoms. The molecular formula is C18H16Cl2N2O3. The number of fused-ring (bicyclic) bond motifs is 2. The highest BCUT2D eigenvalue weighted by atomic mass is 35.5. The van der Waals surface area contributed by atoms with E-state index in [0.717, 1.165) is 6.54 Å². The van der Waals surface area contributed by atoms with Crippen molar-refractivity contribution < 1.29 is 14.7 Å². The minimum Gasteiger partial charge on any atom is -0.507 e. The van der Waals surface area contributed by atoms with Gasteiger partial charge in [-0.2, -0.15) is 0 Å². The molecule has 0 amide bonds. The van der Waals surface area contributed by atoms with Crippen LogP contribution in [0.1, 0.15) is 31.8 Å². The molecule has 5 nitrogen and oxygen atoms in total. The zero-order valence-corrected chi connectivity index (χ0v) is 15.2. The third-order valence-corrected chi connectivity index (χ3v) is 4.70. The number of halogens is 2. The Morgan fingerprint density at radius 3 is 2.04 bits per heavy atom. The van der Waals surface area contributed by atoms with Crippen LogP contribution in [-0.4, -0.2) is 48.8 Å². The van der Waals surface area contributed by atoms with Crippen molar-refractivity contribution in [3.63, 3.8) is 0 Å². The molecule has 0 aromatic heterocycles. The SMILES string of the molecule is CN(C)CCNc1ccc(O)c2c1C(=O)c1c(Cl)ccc(Cl)c1C2=O. The number of likely N-dealkylation sites (N-methyl/N-ethyl adjacent to an activating group) is 1. The van der Waals surface area contributed by atoms with Gasteiger partial charge in [0.15, 0.2) is 11.6 Å². The molecular weight excluding hydrogens is 363 g/mol. The number of phenolic OH excluding ortho intramolecular Hbond substituents is 1. The molecule has 0 saturated heterocycles. The van der Waals surface area contributed by atoms with Crippen LogP contribution in [0.2, 0.25) is 10.0 Å². The van der Waals surface area contributed by atoms with Gasteiger partial charge in [-0.15, -0.1) is 0 Å². The number of hydrogen-bond acceptors (Lipinski definition) is 5. The summed E-state index contributed by atoms with van der Waals surface area (Å²) < 4.78 is 0. The van der Waals surface area contributed by atoms with Crippen LogP contribution >= 0.6 is 23.2 Å². The van der Waals surface area contributed by atoms with Crippen LogP contribution < -0.4 is 5.32 Å². The van der Waals surface area contributed by atoms with Crippen molar-refractivity contribution in [2.24, 2.45) is 0 Å². The first-order valence-electron chi connectivity index (χ1n) is 7.65. The number of nitrogens with zero attached hydrogens (tertiary/aromatic N) is 1. The lowest BCUT2D eigenvalue weighted by Gasteiger charge is -2.23. The van der Waals surface area contributed by atoms with Crippen molar-refractivity contribution >= 4 is 40.5 Å². The number of benzene rings is 2. The van der Waals surface area contributed by atoms with Crippen LogP contribution in [0.5, 0.6) is 5.75 Å². The Hall–Kier alpha value is -2.08. The molecule has 2 aromatic carbocycles. The van der Waals surface area contributed by atoms with Crippen LogP contribution in [0.4, 0.5) is 5.69 Å². The summed E-state index contributed by atoms with van der Waals surface area (Å²) in [4.78, 5) is 27.9. The smallest absolute Gasteiger partial charge is 0.199 e. The number of carbonyl (C=O) groups is 2. The third kappa shape index (κ3) is 2.99. The minimum atomic E-state index is -0.508. The maximum Gasteiger partial charge on any atom is 0.199 e. The van der Waals surface area contributed by atoms with Gasteiger partial charge in [0, 0.05) is 18.8 Å². The first kappa shape index (κ1) is 17.7. The Bertz CT molecular complexity index is 894. The zero-order valence-electron chi connectivity index (χ0n) is 13.7. The highest BCUT2D eigenvalue weighted by Gasteiger charge is 2.37. The Morgan fingerprint density at radius 1 is 0.920 bits per heavy atom. The quantitative estimate of drug-likeness (QED) is 0.680. The lowest BCUT2D eigenvalue weighted by Crippen LogP contribution is -2.25. The lowest BCUT2D eigenvalue weighted by molar-refractivity contribution is 0.0977. The molecule has 130 valence electrons. The number of phenols is 1. The Morgan fingerprint density at radius 2 is 1.48 bits per heavy atom. The summed E-state index contributed by atoms with van der Waals surface area (Å²) in [5, 5.41) is 13.6. The molecule has 2 N–H and O–H groups in total. The molecule has 0 aliphatic heterocycles. The second-order valence-electron chi connectivity index (χ2n) is 6.05. The molecule has 0 bridgehead atoms. The predicted molar refractivity (Wildman–Crippen MR) is 98.5 cm³/mol. The van der Waals surface area contributed by atoms with E-state index in [9.17, 15) is 14.7 Å². The molecule has 0 heterocycles. The molecule has 0 unspecified atom stereocenters. The summed E-state index contributed by atoms with van der Waals surface area (Å²) >= 11 is 12.3. The van der Waals surface area contributed by atoms with E-state index in [2.05, 4.69) is 5.32 Å². The molecule has 0 spiro atoms. The molecule has 0 radical (unpaired) electrons. The maximum absolute atomic E-state index is 13.0. The monoisotopic (exact) mass is 378 g/mol. The Labute approximate surface area is 155 Å². The highest BCUT2D eigenvalue weighted by molar-refractivity contribution is 6.44. The topological polar surface area (TPSA) is 69.6 Å². The second-order valence-corrected chi connectivity index (χ2v) is 6.86. The van der Waals surface area contributed by atoms with Gasteiger partial charge in [0.2, 0.25) is 0 Å². The van der Waals surface area contributed by atoms with Crippen molar-refractivity contribution in [2.45, 2.75) is 0 Å². The van der Waals surface area contributed by atoms with E-state index in [4.69, 9.17) is 23.2 Å². The van der Waals surface area contributed by atoms with Crippen molar-refractivity contribution in [3.8, 4) is 5.75 Å². The molecule has 25 heavy (non-hydrogen) atoms. The van der Waals surface area contributed by atoms with Crippen LogP contribution in [0.3, 0.4) is 0 Å². The molecule has 2 aromatic rings. The fourth-order valence-corrected chi connectivity index (χ4v) is 3.35. The highest BCUT2D eigenvalue weighted by Crippen LogP contribution is 2.41. The molecule has 0 fully saturated rings. The fourth-order valence-electron chi connectivity index (χ4n) is 2.86. The van der Waals surface area contributed by atoms with Crippen molar-refractivity contribution in [1.29, 1.82) is 0 Å². The second kappa shape index (κ2) is 6.67. The predicted octanol–water partition coefficient (Wildman–Crippen LogP) is 3.45. The number of hydrogen-bond donors (Lipinski definition) is 2. The van der Waals surface area contributed by atoms with Gasteiger partial charge in [0.05, 0.1) is 32.3 Å². The molecule has 3 rings (SSSR count). The van der Waals surface area contributed by atoms with Crippen LogP contribution in [-0.2, 0) is 0 Å². The fraction of sp³-hybridized carbons (Fsp3) is 0.222. The van der Waals surface area contributed by atoms with Gasteiger partial charge in [-0.3, -0.25) is 9.59 Å². The molecule has 1 aliphatic carbocycles. The Kier molecular flexibility index (Phi) is 4.73. The van der Waals surface area contributed by atoms with E-state index < -0.39 is 11.6 Å². The van der Waals surface area contributed by atoms with Crippen LogP contribution in [0.25, 0.3) is 0 Å². The molecule has 0 atom stereocenters. The molecule has 0 saturated carbocycles. The van der Waals surface area contributed by atoms with Gasteiger partial charge in [-0.05, 0) is 38.4 Å². The van der Waals surface area contributed by atoms with Crippen molar-refractivity contribution in [1.82, 2.24) is 4.90 Å². The van der Waals surface area contributed by atoms with E-state index in [1.54, 1.807) is 6.07 Å². The largest absolute Gasteiger partial charge is 0.507 e. The van der Waals surface area contributed by atoms with E-state index in [1.165, 1.54) is 18.2 Å². The van der Waals surface area contributed by atoms with E-state index in [-0.39, 0.29) is 38.0 Å². The number of ketones is 2. The number of carbonyl (C=O) groups excluding carboxylic acids is 2. The average Bonchev–Trinajstić information content (AvgIpc) is 2.55. The summed E-state index contributed by atoms with van der Waals surface area (Å²) in [6.45, 7) is 1.31. The van der Waals surface area contributed by atoms with Gasteiger partial charge in [-0.1, -0.05) is 23.2 Å². The summed E-state index contributed by atoms with van der Waals surface area (Å²) in [5.41, 5.74) is 0.673.